The van der Waals surface area contributed by atoms with Gasteiger partial charge in [-0.1, -0.05) is 32.0 Å². The summed E-state index contributed by atoms with van der Waals surface area (Å²) in [6, 6.07) is 3.71. The largest absolute Gasteiger partial charge is 0.481 e. The Kier molecular flexibility index (Phi) is 9.13. The molecule has 0 fully saturated rings. The number of carboxylic acids is 2. The van der Waals surface area contributed by atoms with Crippen molar-refractivity contribution < 1.29 is 34.2 Å². The lowest BCUT2D eigenvalue weighted by Crippen LogP contribution is -2.57. The Balaban J connectivity index is 2.28. The second-order valence-corrected chi connectivity index (χ2v) is 8.17. The zero-order valence-electron chi connectivity index (χ0n) is 18.8. The van der Waals surface area contributed by atoms with Crippen LogP contribution in [0.4, 0.5) is 0 Å². The van der Waals surface area contributed by atoms with Gasteiger partial charge in [-0.2, -0.15) is 0 Å². The van der Waals surface area contributed by atoms with E-state index in [2.05, 4.69) is 15.6 Å². The van der Waals surface area contributed by atoms with E-state index in [1.807, 2.05) is 29.6 Å². The molecule has 0 spiro atoms. The van der Waals surface area contributed by atoms with Gasteiger partial charge in [-0.05, 0) is 17.5 Å². The Labute approximate surface area is 195 Å². The molecule has 0 aliphatic carbocycles. The van der Waals surface area contributed by atoms with Crippen LogP contribution in [0.25, 0.3) is 10.9 Å². The highest BCUT2D eigenvalue weighted by atomic mass is 16.4. The number of carboxylic acid groups (broad SMARTS) is 2. The summed E-state index contributed by atoms with van der Waals surface area (Å²) in [4.78, 5) is 63.0. The summed E-state index contributed by atoms with van der Waals surface area (Å²) in [6.07, 6.45) is 0.938. The highest BCUT2D eigenvalue weighted by Gasteiger charge is 2.30. The second-order valence-electron chi connectivity index (χ2n) is 8.17. The van der Waals surface area contributed by atoms with Crippen LogP contribution in [0.15, 0.2) is 30.5 Å². The SMILES string of the molecule is CC(C)C(N)C(=O)NC(Cc1c[nH]c2ccccc12)C(=O)NC(CC(=O)O)C(=O)NCC(=O)O. The van der Waals surface area contributed by atoms with Gasteiger partial charge >= 0.3 is 11.9 Å². The molecule has 0 radical (unpaired) electrons. The number of hydrogen-bond donors (Lipinski definition) is 7. The predicted molar refractivity (Wildman–Crippen MR) is 122 cm³/mol. The average molecular weight is 476 g/mol. The van der Waals surface area contributed by atoms with Crippen LogP contribution in [0.3, 0.4) is 0 Å². The number of nitrogens with one attached hydrogen (secondary N) is 4. The van der Waals surface area contributed by atoms with E-state index in [1.165, 1.54) is 0 Å². The van der Waals surface area contributed by atoms with Gasteiger partial charge in [0.15, 0.2) is 0 Å². The van der Waals surface area contributed by atoms with Gasteiger partial charge in [-0.15, -0.1) is 0 Å². The molecule has 3 atom stereocenters. The quantitative estimate of drug-likeness (QED) is 0.209. The summed E-state index contributed by atoms with van der Waals surface area (Å²) in [5.41, 5.74) is 7.43. The third-order valence-electron chi connectivity index (χ3n) is 5.18. The molecule has 34 heavy (non-hydrogen) atoms. The summed E-state index contributed by atoms with van der Waals surface area (Å²) in [6.45, 7) is 2.74. The van der Waals surface area contributed by atoms with Gasteiger partial charge in [-0.3, -0.25) is 24.0 Å². The number of rotatable bonds is 12. The molecule has 0 aliphatic rings. The fourth-order valence-electron chi connectivity index (χ4n) is 3.24. The van der Waals surface area contributed by atoms with Gasteiger partial charge in [0.1, 0.15) is 18.6 Å². The third-order valence-corrected chi connectivity index (χ3v) is 5.18. The molecule has 12 nitrogen and oxygen atoms in total. The number of aromatic nitrogens is 1. The van der Waals surface area contributed by atoms with Gasteiger partial charge in [0.25, 0.3) is 0 Å². The van der Waals surface area contributed by atoms with Gasteiger partial charge in [0.2, 0.25) is 17.7 Å². The monoisotopic (exact) mass is 475 g/mol. The smallest absolute Gasteiger partial charge is 0.322 e. The number of amides is 3. The van der Waals surface area contributed by atoms with Crippen LogP contribution in [0.5, 0.6) is 0 Å². The first kappa shape index (κ1) is 26.3. The number of carbonyl (C=O) groups excluding carboxylic acids is 3. The van der Waals surface area contributed by atoms with Crippen molar-refractivity contribution in [3.8, 4) is 0 Å². The van der Waals surface area contributed by atoms with Crippen molar-refractivity contribution in [2.45, 2.75) is 44.8 Å². The Morgan fingerprint density at radius 2 is 1.59 bits per heavy atom. The number of fused-ring (bicyclic) bond motifs is 1. The zero-order valence-corrected chi connectivity index (χ0v) is 18.8. The zero-order chi connectivity index (χ0) is 25.4. The molecule has 0 aliphatic heterocycles. The number of carbonyl (C=O) groups is 5. The molecule has 1 aromatic carbocycles. The van der Waals surface area contributed by atoms with Crippen molar-refractivity contribution in [2.75, 3.05) is 6.54 Å². The lowest BCUT2D eigenvalue weighted by atomic mass is 10.0. The van der Waals surface area contributed by atoms with Crippen LogP contribution in [-0.2, 0) is 30.4 Å². The number of aliphatic carboxylic acids is 2. The Morgan fingerprint density at radius 1 is 0.941 bits per heavy atom. The van der Waals surface area contributed by atoms with Crippen LogP contribution in [0.2, 0.25) is 0 Å². The Morgan fingerprint density at radius 3 is 2.21 bits per heavy atom. The van der Waals surface area contributed by atoms with Gasteiger partial charge in [-0.25, -0.2) is 0 Å². The van der Waals surface area contributed by atoms with E-state index in [1.54, 1.807) is 20.0 Å². The molecule has 2 rings (SSSR count). The molecular weight excluding hydrogens is 446 g/mol. The van der Waals surface area contributed by atoms with E-state index in [9.17, 15) is 24.0 Å². The first-order valence-electron chi connectivity index (χ1n) is 10.6. The van der Waals surface area contributed by atoms with Crippen LogP contribution in [0.1, 0.15) is 25.8 Å². The van der Waals surface area contributed by atoms with Crippen molar-refractivity contribution in [3.05, 3.63) is 36.0 Å². The van der Waals surface area contributed by atoms with Gasteiger partial charge in [0.05, 0.1) is 12.5 Å². The molecule has 184 valence electrons. The minimum absolute atomic E-state index is 0.0307. The number of benzene rings is 1. The molecule has 12 heteroatoms. The first-order valence-corrected chi connectivity index (χ1v) is 10.6. The normalized spacial score (nSPS) is 13.6. The van der Waals surface area contributed by atoms with Crippen LogP contribution in [0, 0.1) is 5.92 Å². The standard InChI is InChI=1S/C22H29N5O7/c1-11(2)19(23)22(34)27-15(7-12-9-24-14-6-4-3-5-13(12)14)21(33)26-16(8-17(28)29)20(32)25-10-18(30)31/h3-6,9,11,15-16,19,24H,7-8,10,23H2,1-2H3,(H,25,32)(H,26,33)(H,27,34)(H,28,29)(H,30,31). The molecule has 1 heterocycles. The summed E-state index contributed by atoms with van der Waals surface area (Å²) in [7, 11) is 0. The Hall–Kier alpha value is -3.93. The van der Waals surface area contributed by atoms with Crippen LogP contribution < -0.4 is 21.7 Å². The number of H-pyrrole nitrogens is 1. The van der Waals surface area contributed by atoms with Crippen LogP contribution in [-0.4, -0.2) is 69.5 Å². The maximum absolute atomic E-state index is 13.1. The number of nitrogens with two attached hydrogens (primary N) is 1. The second kappa shape index (κ2) is 11.8. The summed E-state index contributed by atoms with van der Waals surface area (Å²) in [5, 5.41) is 25.6. The maximum Gasteiger partial charge on any atom is 0.322 e. The molecule has 3 amide bonds. The molecule has 1 aromatic heterocycles. The number of para-hydroxylation sites is 1. The van der Waals surface area contributed by atoms with E-state index >= 15 is 0 Å². The molecule has 0 saturated carbocycles. The lowest BCUT2D eigenvalue weighted by molar-refractivity contribution is -0.141. The molecule has 2 aromatic rings. The maximum atomic E-state index is 13.1. The van der Waals surface area contributed by atoms with Crippen molar-refractivity contribution in [2.24, 2.45) is 11.7 Å². The van der Waals surface area contributed by atoms with E-state index < -0.39 is 60.8 Å². The van der Waals surface area contributed by atoms with E-state index in [-0.39, 0.29) is 12.3 Å². The molecular formula is C22H29N5O7. The minimum Gasteiger partial charge on any atom is -0.481 e. The molecule has 8 N–H and O–H groups in total. The highest BCUT2D eigenvalue weighted by molar-refractivity contribution is 5.95. The number of aromatic amines is 1. The van der Waals surface area contributed by atoms with Gasteiger partial charge < -0.3 is 36.9 Å². The predicted octanol–water partition coefficient (Wildman–Crippen LogP) is -0.661. The highest BCUT2D eigenvalue weighted by Crippen LogP contribution is 2.19. The fraction of sp³-hybridized carbons (Fsp3) is 0.409. The fourth-order valence-corrected chi connectivity index (χ4v) is 3.24. The molecule has 0 bridgehead atoms. The molecule has 0 saturated heterocycles. The lowest BCUT2D eigenvalue weighted by Gasteiger charge is -2.24. The average Bonchev–Trinajstić information content (AvgIpc) is 3.18. The third kappa shape index (κ3) is 7.30. The summed E-state index contributed by atoms with van der Waals surface area (Å²) in [5.74, 6) is -5.30. The van der Waals surface area contributed by atoms with E-state index in [0.717, 1.165) is 10.9 Å². The number of hydrogen-bond acceptors (Lipinski definition) is 6. The van der Waals surface area contributed by atoms with E-state index in [4.69, 9.17) is 15.9 Å². The van der Waals surface area contributed by atoms with Crippen molar-refractivity contribution in [3.63, 3.8) is 0 Å². The van der Waals surface area contributed by atoms with Crippen molar-refractivity contribution >= 4 is 40.6 Å². The van der Waals surface area contributed by atoms with E-state index in [0.29, 0.717) is 5.56 Å². The molecule has 3 unspecified atom stereocenters. The topological polar surface area (TPSA) is 204 Å². The van der Waals surface area contributed by atoms with Crippen molar-refractivity contribution in [1.29, 1.82) is 0 Å². The first-order chi connectivity index (χ1) is 16.0. The van der Waals surface area contributed by atoms with Crippen molar-refractivity contribution in [1.82, 2.24) is 20.9 Å². The van der Waals surface area contributed by atoms with Gasteiger partial charge in [0, 0.05) is 23.5 Å². The minimum atomic E-state index is -1.55. The summed E-state index contributed by atoms with van der Waals surface area (Å²) < 4.78 is 0. The Bertz CT molecular complexity index is 1060. The van der Waals surface area contributed by atoms with Crippen LogP contribution >= 0.6 is 0 Å². The summed E-state index contributed by atoms with van der Waals surface area (Å²) >= 11 is 0.